The minimum atomic E-state index is -1.62. The van der Waals surface area contributed by atoms with Gasteiger partial charge in [-0.2, -0.15) is 0 Å². The van der Waals surface area contributed by atoms with Crippen LogP contribution in [0.2, 0.25) is 19.6 Å². The number of hydrogen-bond donors (Lipinski definition) is 0. The van der Waals surface area contributed by atoms with Crippen molar-refractivity contribution < 1.29 is 4.92 Å². The van der Waals surface area contributed by atoms with Crippen molar-refractivity contribution in [2.24, 2.45) is 0 Å². The molecular formula is C11H13NO2Si. The van der Waals surface area contributed by atoms with Gasteiger partial charge in [-0.25, -0.2) is 0 Å². The third-order valence-corrected chi connectivity index (χ3v) is 4.22. The molecule has 0 radical (unpaired) electrons. The van der Waals surface area contributed by atoms with Crippen LogP contribution in [-0.4, -0.2) is 13.0 Å². The summed E-state index contributed by atoms with van der Waals surface area (Å²) in [6, 6.07) is 5.06. The first-order chi connectivity index (χ1) is 6.88. The van der Waals surface area contributed by atoms with E-state index in [-0.39, 0.29) is 5.69 Å². The van der Waals surface area contributed by atoms with Crippen molar-refractivity contribution in [1.29, 1.82) is 0 Å². The Kier molecular flexibility index (Phi) is 2.96. The van der Waals surface area contributed by atoms with Crippen LogP contribution in [0.15, 0.2) is 18.2 Å². The highest BCUT2D eigenvalue weighted by Gasteiger charge is 2.24. The molecule has 3 nitrogen and oxygen atoms in total. The van der Waals surface area contributed by atoms with E-state index in [1.165, 1.54) is 6.07 Å². The van der Waals surface area contributed by atoms with Gasteiger partial charge in [0.25, 0.3) is 5.69 Å². The molecule has 1 rings (SSSR count). The van der Waals surface area contributed by atoms with E-state index in [0.29, 0.717) is 5.56 Å². The van der Waals surface area contributed by atoms with Gasteiger partial charge in [-0.05, 0) is 5.19 Å². The summed E-state index contributed by atoms with van der Waals surface area (Å²) in [4.78, 5) is 10.4. The Labute approximate surface area is 90.3 Å². The SMILES string of the molecule is C#Cc1c([N+](=O)[O-])cccc1[Si](C)(C)C. The molecule has 0 atom stereocenters. The number of terminal acetylenes is 1. The Hall–Kier alpha value is -1.60. The standard InChI is InChI=1S/C11H13NO2Si/c1-5-9-10(12(13)14)7-6-8-11(9)15(2,3)4/h1,6-8H,2-4H3. The average Bonchev–Trinajstić information content (AvgIpc) is 2.15. The van der Waals surface area contributed by atoms with Gasteiger partial charge in [0.1, 0.15) is 5.56 Å². The molecule has 0 heterocycles. The molecule has 0 bridgehead atoms. The van der Waals surface area contributed by atoms with E-state index in [4.69, 9.17) is 6.42 Å². The largest absolute Gasteiger partial charge is 0.284 e. The van der Waals surface area contributed by atoms with Crippen molar-refractivity contribution in [3.63, 3.8) is 0 Å². The smallest absolute Gasteiger partial charge is 0.258 e. The summed E-state index contributed by atoms with van der Waals surface area (Å²) < 4.78 is 0. The summed E-state index contributed by atoms with van der Waals surface area (Å²) >= 11 is 0. The molecule has 1 aromatic rings. The van der Waals surface area contributed by atoms with Gasteiger partial charge >= 0.3 is 0 Å². The fraction of sp³-hybridized carbons (Fsp3) is 0.273. The molecule has 0 saturated carbocycles. The van der Waals surface area contributed by atoms with Crippen LogP contribution in [-0.2, 0) is 0 Å². The maximum Gasteiger partial charge on any atom is 0.284 e. The molecule has 0 aliphatic rings. The van der Waals surface area contributed by atoms with Gasteiger partial charge in [-0.1, -0.05) is 37.7 Å². The van der Waals surface area contributed by atoms with Crippen LogP contribution in [0.3, 0.4) is 0 Å². The molecule has 0 unspecified atom stereocenters. The van der Waals surface area contributed by atoms with Crippen LogP contribution >= 0.6 is 0 Å². The van der Waals surface area contributed by atoms with E-state index in [9.17, 15) is 10.1 Å². The first-order valence-electron chi connectivity index (χ1n) is 4.62. The van der Waals surface area contributed by atoms with Crippen LogP contribution < -0.4 is 5.19 Å². The number of nitrogens with zero attached hydrogens (tertiary/aromatic N) is 1. The van der Waals surface area contributed by atoms with Gasteiger partial charge < -0.3 is 0 Å². The Balaban J connectivity index is 3.51. The Bertz CT molecular complexity index is 441. The zero-order chi connectivity index (χ0) is 11.6. The molecule has 0 aliphatic carbocycles. The second-order valence-corrected chi connectivity index (χ2v) is 9.39. The minimum absolute atomic E-state index is 0.0393. The third kappa shape index (κ3) is 2.25. The zero-order valence-corrected chi connectivity index (χ0v) is 10.1. The van der Waals surface area contributed by atoms with Crippen LogP contribution in [0.5, 0.6) is 0 Å². The summed E-state index contributed by atoms with van der Waals surface area (Å²) in [7, 11) is -1.62. The number of nitro groups is 1. The lowest BCUT2D eigenvalue weighted by atomic mass is 10.2. The lowest BCUT2D eigenvalue weighted by Gasteiger charge is -2.18. The Morgan fingerprint density at radius 2 is 2.00 bits per heavy atom. The third-order valence-electron chi connectivity index (χ3n) is 2.19. The molecular weight excluding hydrogens is 206 g/mol. The first kappa shape index (κ1) is 11.5. The van der Waals surface area contributed by atoms with Crippen molar-refractivity contribution in [3.05, 3.63) is 33.9 Å². The van der Waals surface area contributed by atoms with Gasteiger partial charge in [0.15, 0.2) is 0 Å². The second-order valence-electron chi connectivity index (χ2n) is 4.35. The van der Waals surface area contributed by atoms with Gasteiger partial charge in [0, 0.05) is 6.07 Å². The fourth-order valence-corrected chi connectivity index (χ4v) is 3.02. The van der Waals surface area contributed by atoms with E-state index in [1.807, 2.05) is 6.07 Å². The topological polar surface area (TPSA) is 43.1 Å². The molecule has 0 fully saturated rings. The molecule has 0 amide bonds. The quantitative estimate of drug-likeness (QED) is 0.331. The van der Waals surface area contributed by atoms with Gasteiger partial charge in [-0.15, -0.1) is 6.42 Å². The van der Waals surface area contributed by atoms with Crippen molar-refractivity contribution >= 4 is 18.9 Å². The minimum Gasteiger partial charge on any atom is -0.258 e. The molecule has 0 aliphatic heterocycles. The van der Waals surface area contributed by atoms with Crippen LogP contribution in [0, 0.1) is 22.5 Å². The van der Waals surface area contributed by atoms with Crippen molar-refractivity contribution in [3.8, 4) is 12.3 Å². The maximum atomic E-state index is 10.8. The van der Waals surface area contributed by atoms with Crippen LogP contribution in [0.1, 0.15) is 5.56 Å². The molecule has 0 saturated heterocycles. The second kappa shape index (κ2) is 3.87. The van der Waals surface area contributed by atoms with Crippen molar-refractivity contribution in [2.45, 2.75) is 19.6 Å². The molecule has 0 N–H and O–H groups in total. The lowest BCUT2D eigenvalue weighted by Crippen LogP contribution is -2.39. The summed E-state index contributed by atoms with van der Waals surface area (Å²) in [5.41, 5.74) is 0.485. The van der Waals surface area contributed by atoms with Crippen molar-refractivity contribution in [2.75, 3.05) is 0 Å². The van der Waals surface area contributed by atoms with E-state index < -0.39 is 13.0 Å². The molecule has 0 spiro atoms. The lowest BCUT2D eigenvalue weighted by molar-refractivity contribution is -0.385. The fourth-order valence-electron chi connectivity index (χ4n) is 1.47. The normalized spacial score (nSPS) is 10.8. The highest BCUT2D eigenvalue weighted by atomic mass is 28.3. The summed E-state index contributed by atoms with van der Waals surface area (Å²) in [5, 5.41) is 11.8. The Morgan fingerprint density at radius 1 is 1.40 bits per heavy atom. The number of benzene rings is 1. The highest BCUT2D eigenvalue weighted by Crippen LogP contribution is 2.18. The summed E-state index contributed by atoms with van der Waals surface area (Å²) in [5.74, 6) is 2.45. The van der Waals surface area contributed by atoms with Crippen molar-refractivity contribution in [1.82, 2.24) is 0 Å². The monoisotopic (exact) mass is 219 g/mol. The highest BCUT2D eigenvalue weighted by molar-refractivity contribution is 6.89. The zero-order valence-electron chi connectivity index (χ0n) is 9.07. The number of hydrogen-bond acceptors (Lipinski definition) is 2. The summed E-state index contributed by atoms with van der Waals surface area (Å²) in [6.45, 7) is 6.35. The molecule has 78 valence electrons. The van der Waals surface area contributed by atoms with E-state index >= 15 is 0 Å². The average molecular weight is 219 g/mol. The van der Waals surface area contributed by atoms with Crippen LogP contribution in [0.25, 0.3) is 0 Å². The molecule has 1 aromatic carbocycles. The van der Waals surface area contributed by atoms with Gasteiger partial charge in [0.05, 0.1) is 13.0 Å². The predicted molar refractivity (Wildman–Crippen MR) is 64.0 cm³/mol. The summed E-state index contributed by atoms with van der Waals surface area (Å²) in [6.07, 6.45) is 5.35. The molecule has 4 heteroatoms. The molecule has 0 aromatic heterocycles. The van der Waals surface area contributed by atoms with E-state index in [0.717, 1.165) is 5.19 Å². The Morgan fingerprint density at radius 3 is 2.40 bits per heavy atom. The van der Waals surface area contributed by atoms with Gasteiger partial charge in [-0.3, -0.25) is 10.1 Å². The number of nitro benzene ring substituents is 1. The van der Waals surface area contributed by atoms with E-state index in [1.54, 1.807) is 6.07 Å². The van der Waals surface area contributed by atoms with Gasteiger partial charge in [0.2, 0.25) is 0 Å². The maximum absolute atomic E-state index is 10.8. The van der Waals surface area contributed by atoms with E-state index in [2.05, 4.69) is 25.6 Å². The molecule has 15 heavy (non-hydrogen) atoms. The predicted octanol–water partition coefficient (Wildman–Crippen LogP) is 2.12. The van der Waals surface area contributed by atoms with Crippen LogP contribution in [0.4, 0.5) is 5.69 Å². The number of rotatable bonds is 2. The first-order valence-corrected chi connectivity index (χ1v) is 8.12.